The molecule has 1 aromatic rings. The van der Waals surface area contributed by atoms with Crippen molar-refractivity contribution in [2.45, 2.75) is 68.4 Å². The number of aryl methyl sites for hydroxylation is 1. The number of likely N-dealkylation sites (N-methyl/N-ethyl adjacent to an activating group) is 1. The van der Waals surface area contributed by atoms with Gasteiger partial charge in [-0.1, -0.05) is 72.2 Å². The predicted octanol–water partition coefficient (Wildman–Crippen LogP) is 5.45. The van der Waals surface area contributed by atoms with E-state index in [4.69, 9.17) is 0 Å². The Kier molecular flexibility index (Phi) is 14.7. The van der Waals surface area contributed by atoms with Crippen molar-refractivity contribution in [2.24, 2.45) is 0 Å². The lowest BCUT2D eigenvalue weighted by Crippen LogP contribution is -2.30. The normalized spacial score (nSPS) is 12.6. The highest BCUT2D eigenvalue weighted by Gasteiger charge is 2.13. The Labute approximate surface area is 122 Å². The summed E-state index contributed by atoms with van der Waals surface area (Å²) in [7, 11) is 0. The predicted molar refractivity (Wildman–Crippen MR) is 89.9 cm³/mol. The van der Waals surface area contributed by atoms with Gasteiger partial charge in [-0.15, -0.1) is 0 Å². The van der Waals surface area contributed by atoms with E-state index in [0.29, 0.717) is 0 Å². The van der Waals surface area contributed by atoms with Crippen molar-refractivity contribution < 1.29 is 0 Å². The number of fused-ring (bicyclic) bond motifs is 1. The molecular formula is C18H35N. The summed E-state index contributed by atoms with van der Waals surface area (Å²) < 4.78 is 0. The molecule has 2 rings (SSSR count). The quantitative estimate of drug-likeness (QED) is 0.652. The Morgan fingerprint density at radius 2 is 1.53 bits per heavy atom. The highest BCUT2D eigenvalue weighted by Crippen LogP contribution is 2.19. The summed E-state index contributed by atoms with van der Waals surface area (Å²) in [4.78, 5) is 2.50. The molecule has 0 amide bonds. The van der Waals surface area contributed by atoms with Gasteiger partial charge in [0.05, 0.1) is 0 Å². The molecule has 1 aliphatic heterocycles. The van der Waals surface area contributed by atoms with Gasteiger partial charge in [0.15, 0.2) is 0 Å². The van der Waals surface area contributed by atoms with Crippen molar-refractivity contribution in [3.05, 3.63) is 34.9 Å². The summed E-state index contributed by atoms with van der Waals surface area (Å²) in [6, 6.07) is 6.84. The molecule has 0 saturated carbocycles. The van der Waals surface area contributed by atoms with Crippen LogP contribution in [0, 0.1) is 6.92 Å². The Balaban J connectivity index is 0. The average Bonchev–Trinajstić information content (AvgIpc) is 2.52. The second-order valence-electron chi connectivity index (χ2n) is 3.89. The number of rotatable bonds is 1. The fourth-order valence-corrected chi connectivity index (χ4v) is 2.01. The Morgan fingerprint density at radius 3 is 2.05 bits per heavy atom. The van der Waals surface area contributed by atoms with Crippen LogP contribution in [0.5, 0.6) is 0 Å². The van der Waals surface area contributed by atoms with Gasteiger partial charge in [0.25, 0.3) is 0 Å². The third-order valence-corrected chi connectivity index (χ3v) is 2.90. The van der Waals surface area contributed by atoms with E-state index >= 15 is 0 Å². The summed E-state index contributed by atoms with van der Waals surface area (Å²) in [5, 5.41) is 0. The van der Waals surface area contributed by atoms with Crippen LogP contribution in [0.15, 0.2) is 18.2 Å². The minimum absolute atomic E-state index is 1.15. The second-order valence-corrected chi connectivity index (χ2v) is 3.89. The molecule has 0 fully saturated rings. The third-order valence-electron chi connectivity index (χ3n) is 2.90. The molecule has 0 radical (unpaired) electrons. The van der Waals surface area contributed by atoms with Crippen molar-refractivity contribution in [3.63, 3.8) is 0 Å². The SMILES string of the molecule is CC.CC.CC.CCN1CCc2ccc(C)cc2C1. The second kappa shape index (κ2) is 13.6. The summed E-state index contributed by atoms with van der Waals surface area (Å²) in [5.41, 5.74) is 4.47. The summed E-state index contributed by atoms with van der Waals surface area (Å²) in [6.45, 7) is 20.0. The minimum Gasteiger partial charge on any atom is -0.299 e. The van der Waals surface area contributed by atoms with Gasteiger partial charge in [-0.3, -0.25) is 4.90 Å². The van der Waals surface area contributed by atoms with E-state index in [1.165, 1.54) is 30.6 Å². The van der Waals surface area contributed by atoms with Crippen LogP contribution in [0.1, 0.15) is 65.2 Å². The van der Waals surface area contributed by atoms with Crippen LogP contribution in [0.2, 0.25) is 0 Å². The Morgan fingerprint density at radius 1 is 0.947 bits per heavy atom. The Hall–Kier alpha value is -0.820. The molecule has 0 unspecified atom stereocenters. The van der Waals surface area contributed by atoms with Crippen molar-refractivity contribution in [2.75, 3.05) is 13.1 Å². The lowest BCUT2D eigenvalue weighted by molar-refractivity contribution is 0.268. The molecule has 0 aliphatic carbocycles. The topological polar surface area (TPSA) is 3.24 Å². The van der Waals surface area contributed by atoms with Crippen LogP contribution in [0.4, 0.5) is 0 Å². The van der Waals surface area contributed by atoms with E-state index in [0.717, 1.165) is 6.54 Å². The molecule has 0 aromatic heterocycles. The fraction of sp³-hybridized carbons (Fsp3) is 0.667. The molecule has 19 heavy (non-hydrogen) atoms. The highest BCUT2D eigenvalue weighted by molar-refractivity contribution is 5.33. The van der Waals surface area contributed by atoms with Gasteiger partial charge in [-0.2, -0.15) is 0 Å². The molecule has 1 aromatic carbocycles. The van der Waals surface area contributed by atoms with Gasteiger partial charge in [-0.05, 0) is 31.0 Å². The van der Waals surface area contributed by atoms with Gasteiger partial charge in [-0.25, -0.2) is 0 Å². The highest BCUT2D eigenvalue weighted by atomic mass is 15.1. The number of benzene rings is 1. The monoisotopic (exact) mass is 265 g/mol. The first-order valence-corrected chi connectivity index (χ1v) is 8.10. The molecule has 1 aliphatic rings. The lowest BCUT2D eigenvalue weighted by atomic mass is 9.98. The zero-order valence-corrected chi connectivity index (χ0v) is 14.5. The maximum Gasteiger partial charge on any atom is 0.0236 e. The van der Waals surface area contributed by atoms with Crippen molar-refractivity contribution in [1.29, 1.82) is 0 Å². The number of hydrogen-bond acceptors (Lipinski definition) is 1. The van der Waals surface area contributed by atoms with E-state index in [2.05, 4.69) is 36.9 Å². The summed E-state index contributed by atoms with van der Waals surface area (Å²) in [6.07, 6.45) is 1.23. The first-order chi connectivity index (χ1) is 9.29. The van der Waals surface area contributed by atoms with Gasteiger partial charge >= 0.3 is 0 Å². The molecule has 0 spiro atoms. The third kappa shape index (κ3) is 7.37. The van der Waals surface area contributed by atoms with Crippen molar-refractivity contribution in [1.82, 2.24) is 4.90 Å². The maximum absolute atomic E-state index is 2.50. The number of nitrogens with zero attached hydrogens (tertiary/aromatic N) is 1. The summed E-state index contributed by atoms with van der Waals surface area (Å²) in [5.74, 6) is 0. The van der Waals surface area contributed by atoms with Gasteiger partial charge < -0.3 is 0 Å². The van der Waals surface area contributed by atoms with Crippen LogP contribution >= 0.6 is 0 Å². The number of hydrogen-bond donors (Lipinski definition) is 0. The van der Waals surface area contributed by atoms with Crippen LogP contribution in [0.25, 0.3) is 0 Å². The lowest BCUT2D eigenvalue weighted by Gasteiger charge is -2.27. The van der Waals surface area contributed by atoms with Crippen LogP contribution in [-0.4, -0.2) is 18.0 Å². The molecule has 112 valence electrons. The molecule has 0 N–H and O–H groups in total. The molecule has 0 bridgehead atoms. The zero-order chi connectivity index (χ0) is 15.3. The van der Waals surface area contributed by atoms with Crippen LogP contribution < -0.4 is 0 Å². The van der Waals surface area contributed by atoms with E-state index in [9.17, 15) is 0 Å². The average molecular weight is 265 g/mol. The van der Waals surface area contributed by atoms with E-state index in [-0.39, 0.29) is 0 Å². The van der Waals surface area contributed by atoms with Crippen LogP contribution in [0.3, 0.4) is 0 Å². The van der Waals surface area contributed by atoms with E-state index in [1.54, 1.807) is 5.56 Å². The summed E-state index contributed by atoms with van der Waals surface area (Å²) >= 11 is 0. The van der Waals surface area contributed by atoms with Gasteiger partial charge in [0.1, 0.15) is 0 Å². The van der Waals surface area contributed by atoms with Crippen molar-refractivity contribution >= 4 is 0 Å². The first kappa shape index (κ1) is 20.5. The minimum atomic E-state index is 1.15. The molecule has 0 saturated heterocycles. The van der Waals surface area contributed by atoms with E-state index in [1.807, 2.05) is 41.5 Å². The molecule has 0 atom stereocenters. The first-order valence-electron chi connectivity index (χ1n) is 8.10. The smallest absolute Gasteiger partial charge is 0.0236 e. The van der Waals surface area contributed by atoms with Gasteiger partial charge in [0.2, 0.25) is 0 Å². The molecule has 1 heterocycles. The standard InChI is InChI=1S/C12H17N.3C2H6/c1-3-13-7-6-11-5-4-10(2)8-12(11)9-13;3*1-2/h4-5,8H,3,6-7,9H2,1-2H3;3*1-2H3. The molecule has 1 nitrogen and oxygen atoms in total. The van der Waals surface area contributed by atoms with Crippen molar-refractivity contribution in [3.8, 4) is 0 Å². The molecule has 1 heteroatoms. The largest absolute Gasteiger partial charge is 0.299 e. The van der Waals surface area contributed by atoms with Gasteiger partial charge in [0, 0.05) is 13.1 Å². The Bertz CT molecular complexity index is 305. The fourth-order valence-electron chi connectivity index (χ4n) is 2.01. The zero-order valence-electron chi connectivity index (χ0n) is 14.5. The maximum atomic E-state index is 2.50. The molecular weight excluding hydrogens is 230 g/mol. The van der Waals surface area contributed by atoms with E-state index < -0.39 is 0 Å². The van der Waals surface area contributed by atoms with Crippen LogP contribution in [-0.2, 0) is 13.0 Å².